The van der Waals surface area contributed by atoms with Crippen molar-refractivity contribution < 1.29 is 9.59 Å². The van der Waals surface area contributed by atoms with Crippen LogP contribution in [0.4, 0.5) is 5.69 Å². The second-order valence-electron chi connectivity index (χ2n) is 5.58. The van der Waals surface area contributed by atoms with Crippen molar-refractivity contribution in [2.75, 3.05) is 25.4 Å². The number of fused-ring (bicyclic) bond motifs is 1. The molecule has 5 nitrogen and oxygen atoms in total. The number of carbonyl (C=O) groups excluding carboxylic acids is 2. The lowest BCUT2D eigenvalue weighted by atomic mass is 10.1. The van der Waals surface area contributed by atoms with Gasteiger partial charge in [-0.3, -0.25) is 19.4 Å². The van der Waals surface area contributed by atoms with E-state index in [1.54, 1.807) is 18.2 Å². The number of likely N-dealkylation sites (tertiary alicyclic amines) is 1. The average molecular weight is 273 g/mol. The first kappa shape index (κ1) is 13.1. The van der Waals surface area contributed by atoms with Crippen LogP contribution in [0.2, 0.25) is 0 Å². The minimum atomic E-state index is -0.255. The molecule has 1 aromatic rings. The van der Waals surface area contributed by atoms with Gasteiger partial charge >= 0.3 is 0 Å². The maximum absolute atomic E-state index is 12.4. The number of amides is 2. The largest absolute Gasteiger partial charge is 0.398 e. The van der Waals surface area contributed by atoms with Crippen LogP contribution < -0.4 is 5.73 Å². The van der Waals surface area contributed by atoms with Crippen LogP contribution in [0.15, 0.2) is 18.2 Å². The molecule has 0 aromatic heterocycles. The maximum Gasteiger partial charge on any atom is 0.263 e. The van der Waals surface area contributed by atoms with Crippen LogP contribution in [0.5, 0.6) is 0 Å². The minimum Gasteiger partial charge on any atom is -0.398 e. The Morgan fingerprint density at radius 2 is 1.90 bits per heavy atom. The van der Waals surface area contributed by atoms with Crippen molar-refractivity contribution in [3.05, 3.63) is 29.3 Å². The topological polar surface area (TPSA) is 66.6 Å². The Kier molecular flexibility index (Phi) is 3.22. The van der Waals surface area contributed by atoms with Gasteiger partial charge in [-0.15, -0.1) is 0 Å². The molecule has 0 spiro atoms. The van der Waals surface area contributed by atoms with Crippen molar-refractivity contribution >= 4 is 17.5 Å². The molecule has 1 aromatic carbocycles. The predicted molar refractivity (Wildman–Crippen MR) is 76.5 cm³/mol. The first-order valence-corrected chi connectivity index (χ1v) is 7.08. The number of hydrogen-bond acceptors (Lipinski definition) is 4. The summed E-state index contributed by atoms with van der Waals surface area (Å²) in [6.45, 7) is 4.60. The summed E-state index contributed by atoms with van der Waals surface area (Å²) in [5.41, 5.74) is 7.02. The van der Waals surface area contributed by atoms with Crippen molar-refractivity contribution in [1.82, 2.24) is 9.80 Å². The zero-order valence-electron chi connectivity index (χ0n) is 11.6. The summed E-state index contributed by atoms with van der Waals surface area (Å²) in [6, 6.07) is 5.25. The Morgan fingerprint density at radius 3 is 2.55 bits per heavy atom. The van der Waals surface area contributed by atoms with Crippen LogP contribution in [0, 0.1) is 0 Å². The first-order valence-electron chi connectivity index (χ1n) is 7.08. The molecule has 1 fully saturated rings. The van der Waals surface area contributed by atoms with Gasteiger partial charge in [-0.1, -0.05) is 6.07 Å². The Morgan fingerprint density at radius 1 is 1.20 bits per heavy atom. The van der Waals surface area contributed by atoms with Crippen molar-refractivity contribution in [3.8, 4) is 0 Å². The molecule has 0 radical (unpaired) electrons. The van der Waals surface area contributed by atoms with Crippen LogP contribution >= 0.6 is 0 Å². The molecule has 2 heterocycles. The van der Waals surface area contributed by atoms with E-state index in [9.17, 15) is 9.59 Å². The van der Waals surface area contributed by atoms with E-state index in [-0.39, 0.29) is 17.9 Å². The summed E-state index contributed by atoms with van der Waals surface area (Å²) >= 11 is 0. The van der Waals surface area contributed by atoms with Gasteiger partial charge in [-0.05, 0) is 45.0 Å². The van der Waals surface area contributed by atoms with Gasteiger partial charge in [0.1, 0.15) is 0 Å². The average Bonchev–Trinajstić information content (AvgIpc) is 3.03. The molecule has 2 N–H and O–H groups in total. The van der Waals surface area contributed by atoms with E-state index in [0.717, 1.165) is 13.1 Å². The molecule has 2 aliphatic heterocycles. The van der Waals surface area contributed by atoms with E-state index in [4.69, 9.17) is 5.73 Å². The van der Waals surface area contributed by atoms with E-state index in [0.29, 0.717) is 23.4 Å². The number of nitrogen functional groups attached to an aromatic ring is 1. The van der Waals surface area contributed by atoms with E-state index in [1.807, 2.05) is 0 Å². The Labute approximate surface area is 118 Å². The van der Waals surface area contributed by atoms with Crippen molar-refractivity contribution in [1.29, 1.82) is 0 Å². The molecule has 2 aliphatic rings. The summed E-state index contributed by atoms with van der Waals surface area (Å²) in [4.78, 5) is 28.4. The molecule has 5 heteroatoms. The van der Waals surface area contributed by atoms with Crippen molar-refractivity contribution in [3.63, 3.8) is 0 Å². The molecule has 3 rings (SSSR count). The summed E-state index contributed by atoms with van der Waals surface area (Å²) in [6.07, 6.45) is 2.39. The molecule has 0 saturated carbocycles. The molecule has 0 aliphatic carbocycles. The first-order chi connectivity index (χ1) is 9.59. The lowest BCUT2D eigenvalue weighted by Crippen LogP contribution is -2.43. The molecule has 2 amide bonds. The lowest BCUT2D eigenvalue weighted by molar-refractivity contribution is 0.0609. The van der Waals surface area contributed by atoms with E-state index >= 15 is 0 Å². The van der Waals surface area contributed by atoms with Gasteiger partial charge in [0, 0.05) is 18.3 Å². The van der Waals surface area contributed by atoms with Crippen LogP contribution in [-0.2, 0) is 0 Å². The van der Waals surface area contributed by atoms with Crippen LogP contribution in [0.25, 0.3) is 0 Å². The fourth-order valence-electron chi connectivity index (χ4n) is 3.09. The Balaban J connectivity index is 1.81. The number of benzene rings is 1. The SMILES string of the molecule is CC(CN1C(=O)c2cccc(N)c2C1=O)N1CCCC1. The fourth-order valence-corrected chi connectivity index (χ4v) is 3.09. The highest BCUT2D eigenvalue weighted by molar-refractivity contribution is 6.23. The van der Waals surface area contributed by atoms with E-state index in [2.05, 4.69) is 11.8 Å². The normalized spacial score (nSPS) is 20.6. The molecule has 1 saturated heterocycles. The number of rotatable bonds is 3. The second kappa shape index (κ2) is 4.90. The lowest BCUT2D eigenvalue weighted by Gasteiger charge is -2.27. The third-order valence-electron chi connectivity index (χ3n) is 4.24. The third kappa shape index (κ3) is 1.98. The summed E-state index contributed by atoms with van der Waals surface area (Å²) in [5.74, 6) is -0.475. The predicted octanol–water partition coefficient (Wildman–Crippen LogP) is 1.35. The highest BCUT2D eigenvalue weighted by Crippen LogP contribution is 2.28. The van der Waals surface area contributed by atoms with Crippen LogP contribution in [-0.4, -0.2) is 47.3 Å². The molecule has 106 valence electrons. The summed E-state index contributed by atoms with van der Waals surface area (Å²) in [5, 5.41) is 0. The molecule has 1 atom stereocenters. The van der Waals surface area contributed by atoms with Gasteiger partial charge in [-0.25, -0.2) is 0 Å². The van der Waals surface area contributed by atoms with E-state index < -0.39 is 0 Å². The van der Waals surface area contributed by atoms with Crippen molar-refractivity contribution in [2.45, 2.75) is 25.8 Å². The number of carbonyl (C=O) groups is 2. The maximum atomic E-state index is 12.4. The van der Waals surface area contributed by atoms with Crippen LogP contribution in [0.1, 0.15) is 40.5 Å². The molecule has 0 bridgehead atoms. The molecular formula is C15H19N3O2. The van der Waals surface area contributed by atoms with E-state index in [1.165, 1.54) is 17.7 Å². The fraction of sp³-hybridized carbons (Fsp3) is 0.467. The number of nitrogens with zero attached hydrogens (tertiary/aromatic N) is 2. The van der Waals surface area contributed by atoms with Crippen molar-refractivity contribution in [2.24, 2.45) is 0 Å². The Hall–Kier alpha value is -1.88. The quantitative estimate of drug-likeness (QED) is 0.667. The Bertz CT molecular complexity index is 564. The smallest absolute Gasteiger partial charge is 0.263 e. The van der Waals surface area contributed by atoms with Gasteiger partial charge in [-0.2, -0.15) is 0 Å². The van der Waals surface area contributed by atoms with Gasteiger partial charge in [0.15, 0.2) is 0 Å². The van der Waals surface area contributed by atoms with Gasteiger partial charge < -0.3 is 5.73 Å². The third-order valence-corrected chi connectivity index (χ3v) is 4.24. The highest BCUT2D eigenvalue weighted by Gasteiger charge is 2.38. The summed E-state index contributed by atoms with van der Waals surface area (Å²) < 4.78 is 0. The second-order valence-corrected chi connectivity index (χ2v) is 5.58. The van der Waals surface area contributed by atoms with Gasteiger partial charge in [0.2, 0.25) is 0 Å². The monoisotopic (exact) mass is 273 g/mol. The van der Waals surface area contributed by atoms with Gasteiger partial charge in [0.25, 0.3) is 11.8 Å². The van der Waals surface area contributed by atoms with Crippen LogP contribution in [0.3, 0.4) is 0 Å². The molecular weight excluding hydrogens is 254 g/mol. The minimum absolute atomic E-state index is 0.195. The molecule has 20 heavy (non-hydrogen) atoms. The number of imide groups is 1. The number of anilines is 1. The number of nitrogens with two attached hydrogens (primary N) is 1. The molecule has 1 unspecified atom stereocenters. The van der Waals surface area contributed by atoms with Gasteiger partial charge in [0.05, 0.1) is 11.1 Å². The zero-order chi connectivity index (χ0) is 14.3. The number of hydrogen-bond donors (Lipinski definition) is 1. The highest BCUT2D eigenvalue weighted by atomic mass is 16.2. The zero-order valence-corrected chi connectivity index (χ0v) is 11.6. The standard InChI is InChI=1S/C15H19N3O2/c1-10(17-7-2-3-8-17)9-18-14(19)11-5-4-6-12(16)13(11)15(18)20/h4-6,10H,2-3,7-9,16H2,1H3. The summed E-state index contributed by atoms with van der Waals surface area (Å²) in [7, 11) is 0.